The highest BCUT2D eigenvalue weighted by Gasteiger charge is 2.34. The predicted octanol–water partition coefficient (Wildman–Crippen LogP) is 4.39. The molecule has 1 aromatic heterocycles. The SMILES string of the molecule is CC1=NN2C(=N)/C(=C/c3cc(C)n(-c4cccc(Cl)c4)c3C)C(=O)N=C2S1. The van der Waals surface area contributed by atoms with Gasteiger partial charge in [0.15, 0.2) is 5.84 Å². The van der Waals surface area contributed by atoms with Crippen molar-refractivity contribution in [1.29, 1.82) is 5.41 Å². The number of aryl methyl sites for hydroxylation is 1. The summed E-state index contributed by atoms with van der Waals surface area (Å²) in [4.78, 5) is 16.5. The first-order valence-corrected chi connectivity index (χ1v) is 9.46. The molecule has 136 valence electrons. The minimum atomic E-state index is -0.420. The molecule has 0 unspecified atom stereocenters. The number of aliphatic imine (C=N–C) groups is 1. The van der Waals surface area contributed by atoms with Crippen LogP contribution in [0.2, 0.25) is 5.02 Å². The van der Waals surface area contributed by atoms with Crippen LogP contribution in [-0.4, -0.2) is 31.5 Å². The van der Waals surface area contributed by atoms with Gasteiger partial charge in [-0.1, -0.05) is 17.7 Å². The van der Waals surface area contributed by atoms with Gasteiger partial charge >= 0.3 is 0 Å². The van der Waals surface area contributed by atoms with Gasteiger partial charge in [0, 0.05) is 22.1 Å². The summed E-state index contributed by atoms with van der Waals surface area (Å²) in [5.41, 5.74) is 3.99. The molecule has 0 atom stereocenters. The van der Waals surface area contributed by atoms with E-state index in [2.05, 4.69) is 14.7 Å². The molecule has 0 saturated heterocycles. The highest BCUT2D eigenvalue weighted by Crippen LogP contribution is 2.29. The Hall–Kier alpha value is -2.64. The second-order valence-electron chi connectivity index (χ2n) is 6.28. The lowest BCUT2D eigenvalue weighted by molar-refractivity contribution is -0.114. The van der Waals surface area contributed by atoms with Crippen molar-refractivity contribution in [2.45, 2.75) is 20.8 Å². The van der Waals surface area contributed by atoms with Crippen molar-refractivity contribution >= 4 is 51.4 Å². The minimum Gasteiger partial charge on any atom is -0.318 e. The van der Waals surface area contributed by atoms with Gasteiger partial charge in [-0.05, 0) is 68.4 Å². The molecular formula is C19H16ClN5OS. The van der Waals surface area contributed by atoms with Gasteiger partial charge in [0.1, 0.15) is 0 Å². The van der Waals surface area contributed by atoms with E-state index in [9.17, 15) is 4.79 Å². The van der Waals surface area contributed by atoms with E-state index in [1.807, 2.05) is 51.1 Å². The normalized spacial score (nSPS) is 18.1. The monoisotopic (exact) mass is 397 g/mol. The van der Waals surface area contributed by atoms with Crippen LogP contribution >= 0.6 is 23.4 Å². The lowest BCUT2D eigenvalue weighted by atomic mass is 10.1. The van der Waals surface area contributed by atoms with Gasteiger partial charge in [-0.3, -0.25) is 10.2 Å². The lowest BCUT2D eigenvalue weighted by Gasteiger charge is -2.20. The van der Waals surface area contributed by atoms with Crippen molar-refractivity contribution in [3.05, 3.63) is 57.9 Å². The standard InChI is InChI=1S/C19H16ClN5OS/c1-10-7-13(11(2)24(10)15-6-4-5-14(20)9-15)8-16-17(21)25-19(22-18(16)26)27-12(3)23-25/h4-9,21H,1-3H3/b16-8-,21-17?. The second kappa shape index (κ2) is 6.51. The number of aromatic nitrogens is 1. The summed E-state index contributed by atoms with van der Waals surface area (Å²) in [5, 5.41) is 15.9. The zero-order chi connectivity index (χ0) is 19.3. The summed E-state index contributed by atoms with van der Waals surface area (Å²) >= 11 is 7.42. The molecule has 1 aromatic carbocycles. The smallest absolute Gasteiger partial charge is 0.283 e. The van der Waals surface area contributed by atoms with Gasteiger partial charge in [-0.15, -0.1) is 0 Å². The van der Waals surface area contributed by atoms with E-state index in [1.54, 1.807) is 6.08 Å². The van der Waals surface area contributed by atoms with Gasteiger partial charge < -0.3 is 4.57 Å². The number of hydrogen-bond acceptors (Lipinski definition) is 4. The van der Waals surface area contributed by atoms with E-state index in [0.717, 1.165) is 27.7 Å². The van der Waals surface area contributed by atoms with Crippen molar-refractivity contribution in [3.8, 4) is 5.69 Å². The minimum absolute atomic E-state index is 0.0434. The number of thioether (sulfide) groups is 1. The van der Waals surface area contributed by atoms with Crippen molar-refractivity contribution in [3.63, 3.8) is 0 Å². The third-order valence-corrected chi connectivity index (χ3v) is 5.45. The van der Waals surface area contributed by atoms with Crippen LogP contribution in [0.1, 0.15) is 23.9 Å². The zero-order valence-corrected chi connectivity index (χ0v) is 16.5. The fraction of sp³-hybridized carbons (Fsp3) is 0.158. The van der Waals surface area contributed by atoms with Crippen LogP contribution in [0, 0.1) is 19.3 Å². The van der Waals surface area contributed by atoms with Crippen LogP contribution in [0.15, 0.2) is 46.0 Å². The van der Waals surface area contributed by atoms with Crippen molar-refractivity contribution in [2.24, 2.45) is 10.1 Å². The van der Waals surface area contributed by atoms with Crippen LogP contribution in [0.25, 0.3) is 11.8 Å². The molecule has 1 amide bonds. The summed E-state index contributed by atoms with van der Waals surface area (Å²) < 4.78 is 2.07. The molecule has 27 heavy (non-hydrogen) atoms. The van der Waals surface area contributed by atoms with Crippen molar-refractivity contribution in [1.82, 2.24) is 9.58 Å². The third-order valence-electron chi connectivity index (χ3n) is 4.39. The van der Waals surface area contributed by atoms with Crippen LogP contribution in [-0.2, 0) is 4.79 Å². The summed E-state index contributed by atoms with van der Waals surface area (Å²) in [6.45, 7) is 5.79. The van der Waals surface area contributed by atoms with E-state index in [4.69, 9.17) is 17.0 Å². The Balaban J connectivity index is 1.78. The molecule has 3 heterocycles. The quantitative estimate of drug-likeness (QED) is 0.764. The fourth-order valence-corrected chi connectivity index (χ4v) is 4.11. The van der Waals surface area contributed by atoms with Gasteiger partial charge in [-0.2, -0.15) is 15.1 Å². The van der Waals surface area contributed by atoms with Crippen molar-refractivity contribution < 1.29 is 4.79 Å². The number of hydrogen-bond donors (Lipinski definition) is 1. The number of benzene rings is 1. The first-order valence-electron chi connectivity index (χ1n) is 8.27. The molecule has 0 spiro atoms. The Labute approximate surface area is 165 Å². The molecule has 4 rings (SSSR count). The Morgan fingerprint density at radius 3 is 2.74 bits per heavy atom. The number of carbonyl (C=O) groups excluding carboxylic acids is 1. The molecule has 2 aromatic rings. The highest BCUT2D eigenvalue weighted by atomic mass is 35.5. The Bertz CT molecular complexity index is 1100. The van der Waals surface area contributed by atoms with Crippen LogP contribution in [0.4, 0.5) is 0 Å². The fourth-order valence-electron chi connectivity index (χ4n) is 3.19. The van der Waals surface area contributed by atoms with E-state index in [0.29, 0.717) is 10.2 Å². The van der Waals surface area contributed by atoms with Gasteiger partial charge in [0.2, 0.25) is 5.17 Å². The maximum Gasteiger partial charge on any atom is 0.283 e. The molecule has 0 radical (unpaired) electrons. The molecule has 8 heteroatoms. The molecule has 2 aliphatic heterocycles. The molecule has 0 fully saturated rings. The highest BCUT2D eigenvalue weighted by molar-refractivity contribution is 8.26. The maximum absolute atomic E-state index is 12.5. The number of carbonyl (C=O) groups is 1. The average Bonchev–Trinajstić information content (AvgIpc) is 3.10. The van der Waals surface area contributed by atoms with E-state index >= 15 is 0 Å². The zero-order valence-electron chi connectivity index (χ0n) is 14.9. The molecular weight excluding hydrogens is 382 g/mol. The van der Waals surface area contributed by atoms with Crippen molar-refractivity contribution in [2.75, 3.05) is 0 Å². The number of hydrazone groups is 1. The Morgan fingerprint density at radius 2 is 2.00 bits per heavy atom. The number of nitrogens with one attached hydrogen (secondary N) is 1. The van der Waals surface area contributed by atoms with Crippen LogP contribution < -0.4 is 0 Å². The number of rotatable bonds is 2. The lowest BCUT2D eigenvalue weighted by Crippen LogP contribution is -2.35. The van der Waals surface area contributed by atoms with E-state index in [1.165, 1.54) is 16.8 Å². The number of amidine groups is 2. The van der Waals surface area contributed by atoms with E-state index < -0.39 is 5.91 Å². The molecule has 0 bridgehead atoms. The summed E-state index contributed by atoms with van der Waals surface area (Å²) in [6.07, 6.45) is 1.71. The summed E-state index contributed by atoms with van der Waals surface area (Å²) in [6, 6.07) is 9.58. The average molecular weight is 398 g/mol. The summed E-state index contributed by atoms with van der Waals surface area (Å²) in [7, 11) is 0. The third kappa shape index (κ3) is 3.02. The van der Waals surface area contributed by atoms with Crippen LogP contribution in [0.3, 0.4) is 0 Å². The summed E-state index contributed by atoms with van der Waals surface area (Å²) in [5.74, 6) is -0.377. The largest absolute Gasteiger partial charge is 0.318 e. The maximum atomic E-state index is 12.5. The Kier molecular flexibility index (Phi) is 4.28. The first-order chi connectivity index (χ1) is 12.8. The van der Waals surface area contributed by atoms with Gasteiger partial charge in [-0.25, -0.2) is 0 Å². The molecule has 0 saturated carbocycles. The van der Waals surface area contributed by atoms with Crippen LogP contribution in [0.5, 0.6) is 0 Å². The van der Waals surface area contributed by atoms with Gasteiger partial charge in [0.05, 0.1) is 10.6 Å². The second-order valence-corrected chi connectivity index (χ2v) is 7.88. The number of fused-ring (bicyclic) bond motifs is 1. The number of amides is 1. The predicted molar refractivity (Wildman–Crippen MR) is 111 cm³/mol. The molecule has 1 N–H and O–H groups in total. The molecule has 2 aliphatic rings. The number of halogens is 1. The Morgan fingerprint density at radius 1 is 1.22 bits per heavy atom. The number of nitrogens with zero attached hydrogens (tertiary/aromatic N) is 4. The van der Waals surface area contributed by atoms with E-state index in [-0.39, 0.29) is 11.4 Å². The topological polar surface area (TPSA) is 73.8 Å². The first kappa shape index (κ1) is 17.8. The van der Waals surface area contributed by atoms with Gasteiger partial charge in [0.25, 0.3) is 5.91 Å². The molecule has 6 nitrogen and oxygen atoms in total. The molecule has 0 aliphatic carbocycles.